The highest BCUT2D eigenvalue weighted by Gasteiger charge is 2.32. The van der Waals surface area contributed by atoms with Crippen molar-refractivity contribution < 1.29 is 14.7 Å². The van der Waals surface area contributed by atoms with Crippen LogP contribution in [0.4, 0.5) is 0 Å². The van der Waals surface area contributed by atoms with Gasteiger partial charge in [0, 0.05) is 55.9 Å². The van der Waals surface area contributed by atoms with Crippen LogP contribution in [-0.4, -0.2) is 57.5 Å². The number of aliphatic hydroxyl groups excluding tert-OH is 1. The van der Waals surface area contributed by atoms with Crippen LogP contribution in [0.3, 0.4) is 0 Å². The monoisotopic (exact) mass is 354 g/mol. The lowest BCUT2D eigenvalue weighted by molar-refractivity contribution is 0.0533. The van der Waals surface area contributed by atoms with Gasteiger partial charge in [-0.3, -0.25) is 19.6 Å². The van der Waals surface area contributed by atoms with Crippen LogP contribution in [0.2, 0.25) is 0 Å². The van der Waals surface area contributed by atoms with Crippen LogP contribution in [0.5, 0.6) is 0 Å². The van der Waals surface area contributed by atoms with Gasteiger partial charge in [-0.2, -0.15) is 0 Å². The fourth-order valence-electron chi connectivity index (χ4n) is 3.12. The number of rotatable bonds is 4. The normalized spacial score (nSPS) is 19.8. The molecule has 7 heteroatoms. The first-order chi connectivity index (χ1) is 12.6. The van der Waals surface area contributed by atoms with Gasteiger partial charge in [-0.05, 0) is 37.6 Å². The molecule has 1 aliphatic heterocycles. The highest BCUT2D eigenvalue weighted by Crippen LogP contribution is 2.19. The summed E-state index contributed by atoms with van der Waals surface area (Å²) in [5, 5.41) is 12.7. The van der Waals surface area contributed by atoms with Crippen molar-refractivity contribution in [2.24, 2.45) is 5.92 Å². The Morgan fingerprint density at radius 1 is 1.27 bits per heavy atom. The molecular weight excluding hydrogens is 332 g/mol. The summed E-state index contributed by atoms with van der Waals surface area (Å²) in [6.45, 7) is 2.67. The minimum Gasteiger partial charge on any atom is -0.396 e. The molecule has 2 N–H and O–H groups in total. The van der Waals surface area contributed by atoms with Crippen LogP contribution in [0.1, 0.15) is 32.8 Å². The lowest BCUT2D eigenvalue weighted by atomic mass is 9.92. The Morgan fingerprint density at radius 2 is 2.12 bits per heavy atom. The Bertz CT molecular complexity index is 764. The number of nitrogens with one attached hydrogen (secondary N) is 1. The highest BCUT2D eigenvalue weighted by atomic mass is 16.3. The Labute approximate surface area is 152 Å². The number of aromatic nitrogens is 2. The Kier molecular flexibility index (Phi) is 5.58. The number of carbonyl (C=O) groups is 2. The summed E-state index contributed by atoms with van der Waals surface area (Å²) < 4.78 is 0. The summed E-state index contributed by atoms with van der Waals surface area (Å²) >= 11 is 0. The number of carbonyl (C=O) groups excluding carboxylic acids is 2. The van der Waals surface area contributed by atoms with Gasteiger partial charge in [0.1, 0.15) is 0 Å². The Balaban J connectivity index is 1.64. The fraction of sp³-hybridized carbons (Fsp3) is 0.368. The zero-order valence-electron chi connectivity index (χ0n) is 14.6. The van der Waals surface area contributed by atoms with E-state index in [4.69, 9.17) is 0 Å². The van der Waals surface area contributed by atoms with Crippen LogP contribution in [0.25, 0.3) is 0 Å². The first-order valence-electron chi connectivity index (χ1n) is 8.62. The molecule has 2 amide bonds. The zero-order chi connectivity index (χ0) is 18.5. The maximum atomic E-state index is 12.6. The average molecular weight is 354 g/mol. The van der Waals surface area contributed by atoms with Gasteiger partial charge >= 0.3 is 0 Å². The zero-order valence-corrected chi connectivity index (χ0v) is 14.6. The first-order valence-corrected chi connectivity index (χ1v) is 8.62. The highest BCUT2D eigenvalue weighted by molar-refractivity contribution is 5.95. The van der Waals surface area contributed by atoms with Gasteiger partial charge in [0.05, 0.1) is 11.1 Å². The number of pyridine rings is 2. The van der Waals surface area contributed by atoms with Gasteiger partial charge in [0.15, 0.2) is 0 Å². The SMILES string of the molecule is Cc1ccc(C(=O)N2CC[C@@H](NC(=O)c3cccnc3)[C@@H](CO)C2)cn1. The maximum absolute atomic E-state index is 12.6. The van der Waals surface area contributed by atoms with E-state index in [-0.39, 0.29) is 30.4 Å². The number of likely N-dealkylation sites (tertiary alicyclic amines) is 1. The molecule has 3 heterocycles. The topological polar surface area (TPSA) is 95.4 Å². The van der Waals surface area contributed by atoms with E-state index in [0.717, 1.165) is 5.69 Å². The van der Waals surface area contributed by atoms with Crippen molar-refractivity contribution in [3.05, 3.63) is 59.7 Å². The molecule has 1 saturated heterocycles. The van der Waals surface area contributed by atoms with E-state index in [9.17, 15) is 14.7 Å². The number of amides is 2. The summed E-state index contributed by atoms with van der Waals surface area (Å²) in [4.78, 5) is 34.8. The van der Waals surface area contributed by atoms with Gasteiger partial charge in [0.25, 0.3) is 11.8 Å². The van der Waals surface area contributed by atoms with Gasteiger partial charge in [-0.15, -0.1) is 0 Å². The molecule has 0 spiro atoms. The first kappa shape index (κ1) is 18.0. The number of aryl methyl sites for hydroxylation is 1. The van der Waals surface area contributed by atoms with E-state index >= 15 is 0 Å². The van der Waals surface area contributed by atoms with Crippen LogP contribution in [0.15, 0.2) is 42.9 Å². The van der Waals surface area contributed by atoms with Gasteiger partial charge in [0.2, 0.25) is 0 Å². The molecule has 2 aromatic rings. The smallest absolute Gasteiger partial charge is 0.255 e. The predicted octanol–water partition coefficient (Wildman–Crippen LogP) is 1.04. The number of aliphatic hydroxyl groups is 1. The molecular formula is C19H22N4O3. The summed E-state index contributed by atoms with van der Waals surface area (Å²) in [6.07, 6.45) is 5.27. The number of hydrogen-bond acceptors (Lipinski definition) is 5. The Hall–Kier alpha value is -2.80. The third kappa shape index (κ3) is 4.05. The number of piperidine rings is 1. The van der Waals surface area contributed by atoms with Crippen molar-refractivity contribution in [2.75, 3.05) is 19.7 Å². The minimum absolute atomic E-state index is 0.103. The fourth-order valence-corrected chi connectivity index (χ4v) is 3.12. The van der Waals surface area contributed by atoms with Crippen LogP contribution in [-0.2, 0) is 0 Å². The minimum atomic E-state index is -0.218. The summed E-state index contributed by atoms with van der Waals surface area (Å²) in [6, 6.07) is 6.77. The maximum Gasteiger partial charge on any atom is 0.255 e. The summed E-state index contributed by atoms with van der Waals surface area (Å²) in [7, 11) is 0. The van der Waals surface area contributed by atoms with Crippen molar-refractivity contribution in [1.82, 2.24) is 20.2 Å². The predicted molar refractivity (Wildman–Crippen MR) is 95.6 cm³/mol. The molecule has 0 aromatic carbocycles. The lowest BCUT2D eigenvalue weighted by Gasteiger charge is -2.38. The standard InChI is InChI=1S/C19H22N4O3/c1-13-4-5-15(10-21-13)19(26)23-8-6-17(16(11-23)12-24)22-18(25)14-3-2-7-20-9-14/h2-5,7,9-10,16-17,24H,6,8,11-12H2,1H3,(H,22,25)/t16-,17-/m1/s1. The average Bonchev–Trinajstić information content (AvgIpc) is 2.69. The molecule has 1 aliphatic rings. The molecule has 0 radical (unpaired) electrons. The van der Waals surface area contributed by atoms with Gasteiger partial charge in [-0.1, -0.05) is 0 Å². The molecule has 0 aliphatic carbocycles. The van der Waals surface area contributed by atoms with Crippen LogP contribution >= 0.6 is 0 Å². The molecule has 0 saturated carbocycles. The molecule has 2 aromatic heterocycles. The van der Waals surface area contributed by atoms with Crippen molar-refractivity contribution in [1.29, 1.82) is 0 Å². The molecule has 2 atom stereocenters. The molecule has 1 fully saturated rings. The third-order valence-electron chi connectivity index (χ3n) is 4.65. The molecule has 0 unspecified atom stereocenters. The van der Waals surface area contributed by atoms with Crippen LogP contribution in [0, 0.1) is 12.8 Å². The molecule has 26 heavy (non-hydrogen) atoms. The third-order valence-corrected chi connectivity index (χ3v) is 4.65. The molecule has 7 nitrogen and oxygen atoms in total. The van der Waals surface area contributed by atoms with E-state index in [1.807, 2.05) is 6.92 Å². The quantitative estimate of drug-likeness (QED) is 0.855. The van der Waals surface area contributed by atoms with Crippen molar-refractivity contribution in [3.63, 3.8) is 0 Å². The molecule has 0 bridgehead atoms. The molecule has 3 rings (SSSR count). The number of hydrogen-bond donors (Lipinski definition) is 2. The van der Waals surface area contributed by atoms with Crippen molar-refractivity contribution in [3.8, 4) is 0 Å². The molecule has 136 valence electrons. The summed E-state index contributed by atoms with van der Waals surface area (Å²) in [5.41, 5.74) is 1.87. The second-order valence-electron chi connectivity index (χ2n) is 6.49. The van der Waals surface area contributed by atoms with Crippen LogP contribution < -0.4 is 5.32 Å². The van der Waals surface area contributed by atoms with E-state index in [1.54, 1.807) is 41.6 Å². The second-order valence-corrected chi connectivity index (χ2v) is 6.49. The lowest BCUT2D eigenvalue weighted by Crippen LogP contribution is -2.53. The number of nitrogens with zero attached hydrogens (tertiary/aromatic N) is 3. The van der Waals surface area contributed by atoms with Crippen molar-refractivity contribution in [2.45, 2.75) is 19.4 Å². The largest absolute Gasteiger partial charge is 0.396 e. The second kappa shape index (κ2) is 8.05. The van der Waals surface area contributed by atoms with E-state index in [1.165, 1.54) is 6.20 Å². The van der Waals surface area contributed by atoms with Crippen molar-refractivity contribution >= 4 is 11.8 Å². The van der Waals surface area contributed by atoms with E-state index < -0.39 is 0 Å². The van der Waals surface area contributed by atoms with Gasteiger partial charge in [-0.25, -0.2) is 0 Å². The van der Waals surface area contributed by atoms with E-state index in [2.05, 4.69) is 15.3 Å². The summed E-state index contributed by atoms with van der Waals surface area (Å²) in [5.74, 6) is -0.538. The van der Waals surface area contributed by atoms with E-state index in [0.29, 0.717) is 30.6 Å². The van der Waals surface area contributed by atoms with Gasteiger partial charge < -0.3 is 15.3 Å². The Morgan fingerprint density at radius 3 is 2.77 bits per heavy atom.